The fourth-order valence-electron chi connectivity index (χ4n) is 3.84. The molecule has 1 aromatic rings. The molecule has 1 unspecified atom stereocenters. The predicted molar refractivity (Wildman–Crippen MR) is 107 cm³/mol. The Bertz CT molecular complexity index is 641. The third kappa shape index (κ3) is 5.69. The van der Waals surface area contributed by atoms with Crippen LogP contribution < -0.4 is 5.32 Å². The van der Waals surface area contributed by atoms with Crippen LogP contribution in [-0.4, -0.2) is 64.8 Å². The number of rotatable bonds is 6. The molecule has 0 aromatic heterocycles. The van der Waals surface area contributed by atoms with Crippen molar-refractivity contribution in [2.45, 2.75) is 43.9 Å². The average Bonchev–Trinajstić information content (AvgIpc) is 3.22. The molecule has 1 saturated heterocycles. The molecule has 1 aliphatic heterocycles. The minimum Gasteiger partial charge on any atom is -0.339 e. The van der Waals surface area contributed by atoms with E-state index in [1.807, 2.05) is 11.8 Å². The lowest BCUT2D eigenvalue weighted by Gasteiger charge is -2.38. The first-order valence-electron chi connectivity index (χ1n) is 9.73. The van der Waals surface area contributed by atoms with Crippen molar-refractivity contribution in [2.24, 2.45) is 0 Å². The number of thioether (sulfide) groups is 1. The summed E-state index contributed by atoms with van der Waals surface area (Å²) in [4.78, 5) is 29.1. The molecule has 1 heterocycles. The molecule has 2 amide bonds. The highest BCUT2D eigenvalue weighted by molar-refractivity contribution is 8.01. The van der Waals surface area contributed by atoms with Gasteiger partial charge in [-0.15, -0.1) is 11.8 Å². The standard InChI is InChI=1S/C20H28FN3O2S/c1-15(27-14-19(25)22-17-8-6-16(21)7-9-17)20(26)24-12-10-23(11-13-24)18-4-2-3-5-18/h6-9,15,18H,2-5,10-14H2,1H3,(H,22,25). The Labute approximate surface area is 164 Å². The van der Waals surface area contributed by atoms with Gasteiger partial charge in [0.15, 0.2) is 0 Å². The lowest BCUT2D eigenvalue weighted by Crippen LogP contribution is -2.52. The van der Waals surface area contributed by atoms with E-state index in [1.165, 1.54) is 61.7 Å². The topological polar surface area (TPSA) is 52.7 Å². The molecule has 2 fully saturated rings. The summed E-state index contributed by atoms with van der Waals surface area (Å²) >= 11 is 1.34. The summed E-state index contributed by atoms with van der Waals surface area (Å²) in [6.07, 6.45) is 5.25. The highest BCUT2D eigenvalue weighted by Crippen LogP contribution is 2.25. The van der Waals surface area contributed by atoms with Crippen molar-refractivity contribution in [3.05, 3.63) is 30.1 Å². The Morgan fingerprint density at radius 1 is 1.15 bits per heavy atom. The van der Waals surface area contributed by atoms with Gasteiger partial charge in [0.1, 0.15) is 5.82 Å². The molecule has 148 valence electrons. The van der Waals surface area contributed by atoms with Crippen LogP contribution in [0.15, 0.2) is 24.3 Å². The highest BCUT2D eigenvalue weighted by Gasteiger charge is 2.29. The molecule has 1 saturated carbocycles. The van der Waals surface area contributed by atoms with E-state index in [0.717, 1.165) is 26.2 Å². The zero-order valence-electron chi connectivity index (χ0n) is 15.8. The van der Waals surface area contributed by atoms with E-state index < -0.39 is 0 Å². The van der Waals surface area contributed by atoms with Gasteiger partial charge in [0, 0.05) is 37.9 Å². The Hall–Kier alpha value is -1.60. The van der Waals surface area contributed by atoms with E-state index in [2.05, 4.69) is 10.2 Å². The van der Waals surface area contributed by atoms with Gasteiger partial charge < -0.3 is 10.2 Å². The number of halogens is 1. The van der Waals surface area contributed by atoms with Crippen molar-refractivity contribution in [3.8, 4) is 0 Å². The molecule has 2 aliphatic rings. The average molecular weight is 394 g/mol. The van der Waals surface area contributed by atoms with Crippen molar-refractivity contribution >= 4 is 29.3 Å². The molecule has 0 bridgehead atoms. The summed E-state index contributed by atoms with van der Waals surface area (Å²) in [5, 5.41) is 2.47. The number of anilines is 1. The van der Waals surface area contributed by atoms with Crippen LogP contribution >= 0.6 is 11.8 Å². The van der Waals surface area contributed by atoms with Crippen LogP contribution in [0.2, 0.25) is 0 Å². The van der Waals surface area contributed by atoms with Crippen molar-refractivity contribution < 1.29 is 14.0 Å². The highest BCUT2D eigenvalue weighted by atomic mass is 32.2. The van der Waals surface area contributed by atoms with Gasteiger partial charge in [-0.25, -0.2) is 4.39 Å². The summed E-state index contributed by atoms with van der Waals surface area (Å²) in [6.45, 7) is 5.34. The molecule has 27 heavy (non-hydrogen) atoms. The monoisotopic (exact) mass is 393 g/mol. The molecule has 1 atom stereocenters. The smallest absolute Gasteiger partial charge is 0.235 e. The van der Waals surface area contributed by atoms with Crippen LogP contribution in [0.25, 0.3) is 0 Å². The number of benzene rings is 1. The third-order valence-electron chi connectivity index (χ3n) is 5.41. The van der Waals surface area contributed by atoms with Crippen LogP contribution in [0.5, 0.6) is 0 Å². The summed E-state index contributed by atoms with van der Waals surface area (Å²) in [7, 11) is 0. The number of nitrogens with zero attached hydrogens (tertiary/aromatic N) is 2. The van der Waals surface area contributed by atoms with E-state index in [9.17, 15) is 14.0 Å². The molecular weight excluding hydrogens is 365 g/mol. The zero-order valence-corrected chi connectivity index (χ0v) is 16.6. The van der Waals surface area contributed by atoms with Crippen LogP contribution in [0.1, 0.15) is 32.6 Å². The Balaban J connectivity index is 1.38. The first-order chi connectivity index (χ1) is 13.0. The summed E-state index contributed by atoms with van der Waals surface area (Å²) in [6, 6.07) is 6.37. The second kappa shape index (κ2) is 9.55. The van der Waals surface area contributed by atoms with E-state index in [4.69, 9.17) is 0 Å². The fourth-order valence-corrected chi connectivity index (χ4v) is 4.60. The van der Waals surface area contributed by atoms with Crippen molar-refractivity contribution in [2.75, 3.05) is 37.2 Å². The molecule has 3 rings (SSSR count). The number of hydrogen-bond acceptors (Lipinski definition) is 4. The van der Waals surface area contributed by atoms with Gasteiger partial charge in [0.05, 0.1) is 11.0 Å². The number of carbonyl (C=O) groups excluding carboxylic acids is 2. The second-order valence-electron chi connectivity index (χ2n) is 7.31. The minimum atomic E-state index is -0.338. The molecule has 5 nitrogen and oxygen atoms in total. The molecule has 0 radical (unpaired) electrons. The summed E-state index contributed by atoms with van der Waals surface area (Å²) < 4.78 is 12.9. The largest absolute Gasteiger partial charge is 0.339 e. The van der Waals surface area contributed by atoms with Crippen molar-refractivity contribution in [1.82, 2.24) is 9.80 Å². The van der Waals surface area contributed by atoms with Gasteiger partial charge in [0.25, 0.3) is 0 Å². The lowest BCUT2D eigenvalue weighted by molar-refractivity contribution is -0.132. The Morgan fingerprint density at radius 2 is 1.78 bits per heavy atom. The molecule has 1 aliphatic carbocycles. The summed E-state index contributed by atoms with van der Waals surface area (Å²) in [5.74, 6) is -0.209. The molecule has 7 heteroatoms. The summed E-state index contributed by atoms with van der Waals surface area (Å²) in [5.41, 5.74) is 0.559. The van der Waals surface area contributed by atoms with Gasteiger partial charge in [0.2, 0.25) is 11.8 Å². The normalized spacial score (nSPS) is 19.9. The number of hydrogen-bond donors (Lipinski definition) is 1. The molecular formula is C20H28FN3O2S. The third-order valence-corrected chi connectivity index (χ3v) is 6.54. The first kappa shape index (κ1) is 20.1. The number of piperazine rings is 1. The van der Waals surface area contributed by atoms with Crippen LogP contribution in [0.4, 0.5) is 10.1 Å². The van der Waals surface area contributed by atoms with Gasteiger partial charge >= 0.3 is 0 Å². The molecule has 0 spiro atoms. The molecule has 1 aromatic carbocycles. The van der Waals surface area contributed by atoms with E-state index in [-0.39, 0.29) is 28.6 Å². The van der Waals surface area contributed by atoms with Crippen LogP contribution in [0.3, 0.4) is 0 Å². The lowest BCUT2D eigenvalue weighted by atomic mass is 10.2. The quantitative estimate of drug-likeness (QED) is 0.807. The van der Waals surface area contributed by atoms with Crippen LogP contribution in [0, 0.1) is 5.82 Å². The van der Waals surface area contributed by atoms with E-state index >= 15 is 0 Å². The van der Waals surface area contributed by atoms with E-state index in [1.54, 1.807) is 0 Å². The maximum Gasteiger partial charge on any atom is 0.235 e. The minimum absolute atomic E-state index is 0.112. The second-order valence-corrected chi connectivity index (χ2v) is 8.64. The zero-order chi connectivity index (χ0) is 19.2. The van der Waals surface area contributed by atoms with E-state index in [0.29, 0.717) is 11.7 Å². The van der Waals surface area contributed by atoms with Gasteiger partial charge in [-0.05, 0) is 44.0 Å². The number of amides is 2. The Kier molecular flexibility index (Phi) is 7.13. The van der Waals surface area contributed by atoms with Gasteiger partial charge in [-0.2, -0.15) is 0 Å². The molecule has 1 N–H and O–H groups in total. The van der Waals surface area contributed by atoms with Gasteiger partial charge in [-0.3, -0.25) is 14.5 Å². The van der Waals surface area contributed by atoms with Crippen LogP contribution in [-0.2, 0) is 9.59 Å². The first-order valence-corrected chi connectivity index (χ1v) is 10.8. The maximum absolute atomic E-state index is 12.9. The van der Waals surface area contributed by atoms with Crippen molar-refractivity contribution in [3.63, 3.8) is 0 Å². The van der Waals surface area contributed by atoms with Crippen molar-refractivity contribution in [1.29, 1.82) is 0 Å². The fraction of sp³-hybridized carbons (Fsp3) is 0.600. The number of carbonyl (C=O) groups is 2. The predicted octanol–water partition coefficient (Wildman–Crippen LogP) is 2.97. The Morgan fingerprint density at radius 3 is 2.41 bits per heavy atom. The maximum atomic E-state index is 12.9. The van der Waals surface area contributed by atoms with Gasteiger partial charge in [-0.1, -0.05) is 12.8 Å². The SMILES string of the molecule is CC(SCC(=O)Nc1ccc(F)cc1)C(=O)N1CCN(C2CCCC2)CC1. The number of nitrogens with one attached hydrogen (secondary N) is 1.